The molecule has 5 nitrogen and oxygen atoms in total. The summed E-state index contributed by atoms with van der Waals surface area (Å²) in [5.74, 6) is -2.85. The van der Waals surface area contributed by atoms with Gasteiger partial charge in [0.2, 0.25) is 11.8 Å². The molecule has 1 amide bonds. The molecule has 1 aliphatic heterocycles. The second kappa shape index (κ2) is 5.73. The summed E-state index contributed by atoms with van der Waals surface area (Å²) in [6.07, 6.45) is 1.06. The summed E-state index contributed by atoms with van der Waals surface area (Å²) < 4.78 is 31.7. The molecule has 0 spiro atoms. The number of hydrogen-bond donors (Lipinski definition) is 2. The van der Waals surface area contributed by atoms with Crippen LogP contribution in [0.1, 0.15) is 17.7 Å². The zero-order valence-electron chi connectivity index (χ0n) is 12.8. The molecule has 1 saturated heterocycles. The van der Waals surface area contributed by atoms with E-state index in [2.05, 4.69) is 15.6 Å². The van der Waals surface area contributed by atoms with Gasteiger partial charge in [-0.3, -0.25) is 10.1 Å². The van der Waals surface area contributed by atoms with Crippen LogP contribution in [0.3, 0.4) is 0 Å². The van der Waals surface area contributed by atoms with E-state index in [1.807, 2.05) is 19.9 Å². The highest BCUT2D eigenvalue weighted by Crippen LogP contribution is 2.28. The molecule has 7 heteroatoms. The second-order valence-corrected chi connectivity index (χ2v) is 5.81. The van der Waals surface area contributed by atoms with Gasteiger partial charge in [0.1, 0.15) is 6.26 Å². The monoisotopic (exact) mass is 321 g/mol. The van der Waals surface area contributed by atoms with Crippen molar-refractivity contribution >= 4 is 11.6 Å². The van der Waals surface area contributed by atoms with Crippen molar-refractivity contribution in [1.82, 2.24) is 10.3 Å². The number of nitrogens with one attached hydrogen (secondary N) is 2. The molecule has 0 bridgehead atoms. The van der Waals surface area contributed by atoms with Crippen LogP contribution in [-0.2, 0) is 4.79 Å². The minimum Gasteiger partial charge on any atom is -0.444 e. The fourth-order valence-electron chi connectivity index (χ4n) is 2.54. The number of aromatic nitrogens is 1. The highest BCUT2D eigenvalue weighted by atomic mass is 19.3. The molecule has 1 aliphatic rings. The van der Waals surface area contributed by atoms with E-state index in [1.54, 1.807) is 18.4 Å². The quantitative estimate of drug-likeness (QED) is 0.912. The van der Waals surface area contributed by atoms with Crippen LogP contribution in [0.4, 0.5) is 14.5 Å². The summed E-state index contributed by atoms with van der Waals surface area (Å²) in [6.45, 7) is 3.25. The van der Waals surface area contributed by atoms with Crippen LogP contribution in [0.2, 0.25) is 0 Å². The fourth-order valence-corrected chi connectivity index (χ4v) is 2.54. The predicted molar refractivity (Wildman–Crippen MR) is 81.4 cm³/mol. The molecule has 3 rings (SSSR count). The first-order chi connectivity index (χ1) is 10.8. The number of hydrogen-bond acceptors (Lipinski definition) is 4. The predicted octanol–water partition coefficient (Wildman–Crippen LogP) is 2.89. The summed E-state index contributed by atoms with van der Waals surface area (Å²) in [6, 6.07) is 4.38. The normalized spacial score (nSPS) is 19.7. The topological polar surface area (TPSA) is 67.2 Å². The fraction of sp³-hybridized carbons (Fsp3) is 0.375. The van der Waals surface area contributed by atoms with Crippen LogP contribution >= 0.6 is 0 Å². The first kappa shape index (κ1) is 15.6. The molecule has 2 heterocycles. The summed E-state index contributed by atoms with van der Waals surface area (Å²) in [7, 11) is 0. The highest BCUT2D eigenvalue weighted by Gasteiger charge is 2.42. The van der Waals surface area contributed by atoms with Crippen LogP contribution < -0.4 is 10.6 Å². The van der Waals surface area contributed by atoms with E-state index in [9.17, 15) is 13.6 Å². The Balaban J connectivity index is 1.78. The van der Waals surface area contributed by atoms with Crippen LogP contribution in [0.25, 0.3) is 11.5 Å². The smallest absolute Gasteiger partial charge is 0.262 e. The van der Waals surface area contributed by atoms with E-state index in [0.29, 0.717) is 11.6 Å². The van der Waals surface area contributed by atoms with E-state index in [4.69, 9.17) is 4.42 Å². The molecule has 1 fully saturated rings. The lowest BCUT2D eigenvalue weighted by Crippen LogP contribution is -2.35. The lowest BCUT2D eigenvalue weighted by atomic mass is 10.1. The Kier molecular flexibility index (Phi) is 3.89. The average Bonchev–Trinajstić information content (AvgIpc) is 3.06. The number of anilines is 1. The van der Waals surface area contributed by atoms with E-state index in [1.165, 1.54) is 0 Å². The third-order valence-electron chi connectivity index (χ3n) is 3.78. The largest absolute Gasteiger partial charge is 0.444 e. The number of halogens is 2. The molecule has 0 radical (unpaired) electrons. The molecule has 122 valence electrons. The van der Waals surface area contributed by atoms with Crippen molar-refractivity contribution in [2.75, 3.05) is 11.9 Å². The zero-order chi connectivity index (χ0) is 16.6. The number of carbonyl (C=O) groups is 1. The van der Waals surface area contributed by atoms with Gasteiger partial charge in [-0.2, -0.15) is 0 Å². The van der Waals surface area contributed by atoms with E-state index in [-0.39, 0.29) is 0 Å². The Hall–Kier alpha value is -2.28. The van der Waals surface area contributed by atoms with Gasteiger partial charge in [0.25, 0.3) is 5.92 Å². The molecule has 1 unspecified atom stereocenters. The maximum absolute atomic E-state index is 13.2. The van der Waals surface area contributed by atoms with Crippen molar-refractivity contribution in [3.05, 3.63) is 35.7 Å². The third kappa shape index (κ3) is 3.39. The molecule has 2 N–H and O–H groups in total. The number of oxazole rings is 1. The molecule has 1 aromatic carbocycles. The number of benzene rings is 1. The SMILES string of the molecule is Cc1coc(-c2cc(NC(=O)C3CC(F)(F)CN3)ccc2C)n1. The number of carbonyl (C=O) groups excluding carboxylic acids is 1. The Morgan fingerprint density at radius 2 is 2.22 bits per heavy atom. The van der Waals surface area contributed by atoms with Crippen molar-refractivity contribution < 1.29 is 18.0 Å². The van der Waals surface area contributed by atoms with Crippen molar-refractivity contribution in [1.29, 1.82) is 0 Å². The lowest BCUT2D eigenvalue weighted by Gasteiger charge is -2.12. The summed E-state index contributed by atoms with van der Waals surface area (Å²) in [5.41, 5.74) is 2.96. The van der Waals surface area contributed by atoms with Gasteiger partial charge in [-0.15, -0.1) is 0 Å². The van der Waals surface area contributed by atoms with Crippen molar-refractivity contribution in [3.63, 3.8) is 0 Å². The first-order valence-electron chi connectivity index (χ1n) is 7.29. The number of nitrogens with zero attached hydrogens (tertiary/aromatic N) is 1. The van der Waals surface area contributed by atoms with Crippen LogP contribution in [0.5, 0.6) is 0 Å². The molecule has 1 aromatic heterocycles. The minimum absolute atomic E-state index is 0.460. The first-order valence-corrected chi connectivity index (χ1v) is 7.29. The van der Waals surface area contributed by atoms with E-state index in [0.717, 1.165) is 16.8 Å². The van der Waals surface area contributed by atoms with E-state index >= 15 is 0 Å². The Bertz CT molecular complexity index is 743. The van der Waals surface area contributed by atoms with Gasteiger partial charge in [0.05, 0.1) is 18.3 Å². The maximum Gasteiger partial charge on any atom is 0.262 e. The van der Waals surface area contributed by atoms with Gasteiger partial charge in [-0.05, 0) is 31.5 Å². The zero-order valence-corrected chi connectivity index (χ0v) is 12.8. The highest BCUT2D eigenvalue weighted by molar-refractivity contribution is 5.95. The van der Waals surface area contributed by atoms with Gasteiger partial charge in [-0.1, -0.05) is 6.07 Å². The summed E-state index contributed by atoms with van der Waals surface area (Å²) >= 11 is 0. The van der Waals surface area contributed by atoms with Gasteiger partial charge in [0, 0.05) is 17.7 Å². The number of rotatable bonds is 3. The third-order valence-corrected chi connectivity index (χ3v) is 3.78. The van der Waals surface area contributed by atoms with Crippen LogP contribution in [0, 0.1) is 13.8 Å². The van der Waals surface area contributed by atoms with Gasteiger partial charge >= 0.3 is 0 Å². The Labute approximate surface area is 132 Å². The average molecular weight is 321 g/mol. The molecular weight excluding hydrogens is 304 g/mol. The van der Waals surface area contributed by atoms with Crippen molar-refractivity contribution in [2.24, 2.45) is 0 Å². The molecule has 0 saturated carbocycles. The number of aryl methyl sites for hydroxylation is 2. The number of alkyl halides is 2. The van der Waals surface area contributed by atoms with Crippen molar-refractivity contribution in [3.8, 4) is 11.5 Å². The molecule has 2 aromatic rings. The van der Waals surface area contributed by atoms with Gasteiger partial charge in [-0.25, -0.2) is 13.8 Å². The molecular formula is C16H17F2N3O2. The van der Waals surface area contributed by atoms with Gasteiger partial charge < -0.3 is 9.73 Å². The minimum atomic E-state index is -2.84. The molecule has 23 heavy (non-hydrogen) atoms. The summed E-state index contributed by atoms with van der Waals surface area (Å²) in [5, 5.41) is 5.20. The van der Waals surface area contributed by atoms with Crippen LogP contribution in [-0.4, -0.2) is 29.4 Å². The number of amides is 1. The van der Waals surface area contributed by atoms with E-state index < -0.39 is 30.8 Å². The molecule has 0 aliphatic carbocycles. The van der Waals surface area contributed by atoms with Gasteiger partial charge in [0.15, 0.2) is 0 Å². The molecule has 1 atom stereocenters. The second-order valence-electron chi connectivity index (χ2n) is 5.81. The van der Waals surface area contributed by atoms with Crippen molar-refractivity contribution in [2.45, 2.75) is 32.2 Å². The Morgan fingerprint density at radius 1 is 1.43 bits per heavy atom. The Morgan fingerprint density at radius 3 is 2.83 bits per heavy atom. The van der Waals surface area contributed by atoms with Crippen LogP contribution in [0.15, 0.2) is 28.9 Å². The lowest BCUT2D eigenvalue weighted by molar-refractivity contribution is -0.118. The standard InChI is InChI=1S/C16H17F2N3O2/c1-9-3-4-11(5-12(9)15-20-10(2)7-23-15)21-14(22)13-6-16(17,18)8-19-13/h3-5,7,13,19H,6,8H2,1-2H3,(H,21,22). The summed E-state index contributed by atoms with van der Waals surface area (Å²) in [4.78, 5) is 16.4. The maximum atomic E-state index is 13.2.